The van der Waals surface area contributed by atoms with Gasteiger partial charge in [-0.3, -0.25) is 0 Å². The molecule has 1 aromatic rings. The lowest BCUT2D eigenvalue weighted by molar-refractivity contribution is 0.0922. The van der Waals surface area contributed by atoms with Crippen LogP contribution in [0.25, 0.3) is 0 Å². The van der Waals surface area contributed by atoms with Crippen molar-refractivity contribution in [1.82, 2.24) is 0 Å². The van der Waals surface area contributed by atoms with Gasteiger partial charge in [-0.15, -0.1) is 11.3 Å². The Morgan fingerprint density at radius 3 is 2.92 bits per heavy atom. The van der Waals surface area contributed by atoms with Crippen LogP contribution in [0.15, 0.2) is 17.5 Å². The van der Waals surface area contributed by atoms with E-state index in [1.165, 1.54) is 0 Å². The first kappa shape index (κ1) is 9.19. The highest BCUT2D eigenvalue weighted by Gasteiger charge is 2.55. The van der Waals surface area contributed by atoms with E-state index in [2.05, 4.69) is 6.92 Å². The molecule has 13 heavy (non-hydrogen) atoms. The second kappa shape index (κ2) is 3.08. The van der Waals surface area contributed by atoms with Crippen molar-refractivity contribution in [2.24, 2.45) is 17.1 Å². The highest BCUT2D eigenvalue weighted by molar-refractivity contribution is 7.10. The third kappa shape index (κ3) is 1.31. The van der Waals surface area contributed by atoms with Gasteiger partial charge in [-0.1, -0.05) is 13.0 Å². The fourth-order valence-electron chi connectivity index (χ4n) is 2.02. The van der Waals surface area contributed by atoms with Gasteiger partial charge in [0.1, 0.15) is 0 Å². The molecule has 0 saturated heterocycles. The highest BCUT2D eigenvalue weighted by atomic mass is 32.1. The van der Waals surface area contributed by atoms with Crippen LogP contribution in [0.4, 0.5) is 0 Å². The summed E-state index contributed by atoms with van der Waals surface area (Å²) >= 11 is 1.61. The van der Waals surface area contributed by atoms with Crippen LogP contribution in [0.1, 0.15) is 24.3 Å². The molecule has 0 aliphatic heterocycles. The van der Waals surface area contributed by atoms with E-state index in [0.29, 0.717) is 12.5 Å². The lowest BCUT2D eigenvalue weighted by Crippen LogP contribution is -2.24. The number of nitrogens with two attached hydrogens (primary N) is 1. The van der Waals surface area contributed by atoms with E-state index in [1.807, 2.05) is 17.5 Å². The van der Waals surface area contributed by atoms with Crippen LogP contribution in [-0.4, -0.2) is 11.7 Å². The second-order valence-corrected chi connectivity index (χ2v) is 4.94. The average molecular weight is 197 g/mol. The number of hydrogen-bond donors (Lipinski definition) is 2. The molecule has 3 atom stereocenters. The molecule has 0 amide bonds. The summed E-state index contributed by atoms with van der Waals surface area (Å²) in [5, 5.41) is 12.1. The van der Waals surface area contributed by atoms with E-state index >= 15 is 0 Å². The maximum atomic E-state index is 10.1. The van der Waals surface area contributed by atoms with Crippen LogP contribution in [0.3, 0.4) is 0 Å². The zero-order chi connectivity index (χ0) is 9.47. The Hall–Kier alpha value is -0.380. The van der Waals surface area contributed by atoms with Gasteiger partial charge in [0.2, 0.25) is 0 Å². The van der Waals surface area contributed by atoms with Crippen molar-refractivity contribution in [3.8, 4) is 0 Å². The maximum absolute atomic E-state index is 10.1. The Labute approximate surface area is 82.4 Å². The van der Waals surface area contributed by atoms with E-state index in [9.17, 15) is 5.11 Å². The Morgan fingerprint density at radius 2 is 2.54 bits per heavy atom. The zero-order valence-electron chi connectivity index (χ0n) is 7.73. The van der Waals surface area contributed by atoms with Crippen molar-refractivity contribution < 1.29 is 5.11 Å². The Kier molecular flexibility index (Phi) is 2.18. The normalized spacial score (nSPS) is 34.5. The molecular weight excluding hydrogens is 182 g/mol. The third-order valence-corrected chi connectivity index (χ3v) is 4.17. The van der Waals surface area contributed by atoms with Crippen molar-refractivity contribution in [2.75, 3.05) is 6.54 Å². The van der Waals surface area contributed by atoms with Crippen molar-refractivity contribution in [1.29, 1.82) is 0 Å². The van der Waals surface area contributed by atoms with E-state index in [-0.39, 0.29) is 11.5 Å². The number of rotatable bonds is 3. The van der Waals surface area contributed by atoms with E-state index in [0.717, 1.165) is 11.3 Å². The number of aliphatic hydroxyl groups excluding tert-OH is 1. The van der Waals surface area contributed by atoms with Crippen molar-refractivity contribution >= 4 is 11.3 Å². The van der Waals surface area contributed by atoms with Gasteiger partial charge in [0.05, 0.1) is 6.10 Å². The SMILES string of the molecule is C[C@@H]1C[C@@]1(CN)[C@@H](O)c1cccs1. The van der Waals surface area contributed by atoms with Crippen LogP contribution in [0.5, 0.6) is 0 Å². The van der Waals surface area contributed by atoms with Gasteiger partial charge in [-0.05, 0) is 23.8 Å². The molecule has 1 aromatic heterocycles. The molecule has 0 unspecified atom stereocenters. The van der Waals surface area contributed by atoms with Gasteiger partial charge >= 0.3 is 0 Å². The first-order valence-corrected chi connectivity index (χ1v) is 5.50. The second-order valence-electron chi connectivity index (χ2n) is 3.96. The van der Waals surface area contributed by atoms with E-state index in [4.69, 9.17) is 5.73 Å². The molecule has 0 aromatic carbocycles. The van der Waals surface area contributed by atoms with Crippen molar-refractivity contribution in [3.05, 3.63) is 22.4 Å². The van der Waals surface area contributed by atoms with Crippen LogP contribution in [0, 0.1) is 11.3 Å². The fourth-order valence-corrected chi connectivity index (χ4v) is 2.85. The molecule has 1 aliphatic rings. The molecule has 72 valence electrons. The maximum Gasteiger partial charge on any atom is 0.0952 e. The average Bonchev–Trinajstić information content (AvgIpc) is 2.62. The summed E-state index contributed by atoms with van der Waals surface area (Å²) in [5.74, 6) is 0.564. The lowest BCUT2D eigenvalue weighted by atomic mass is 9.95. The van der Waals surface area contributed by atoms with Crippen LogP contribution >= 0.6 is 11.3 Å². The molecule has 0 spiro atoms. The Balaban J connectivity index is 2.18. The molecule has 3 N–H and O–H groups in total. The van der Waals surface area contributed by atoms with Gasteiger partial charge in [-0.25, -0.2) is 0 Å². The minimum atomic E-state index is -0.354. The summed E-state index contributed by atoms with van der Waals surface area (Å²) in [7, 11) is 0. The summed E-state index contributed by atoms with van der Waals surface area (Å²) in [4.78, 5) is 1.05. The first-order chi connectivity index (χ1) is 6.20. The van der Waals surface area contributed by atoms with Crippen LogP contribution in [0.2, 0.25) is 0 Å². The summed E-state index contributed by atoms with van der Waals surface area (Å²) < 4.78 is 0. The molecule has 1 aliphatic carbocycles. The smallest absolute Gasteiger partial charge is 0.0952 e. The van der Waals surface area contributed by atoms with Gasteiger partial charge < -0.3 is 10.8 Å². The van der Waals surface area contributed by atoms with Crippen molar-refractivity contribution in [3.63, 3.8) is 0 Å². The molecule has 1 heterocycles. The summed E-state index contributed by atoms with van der Waals surface area (Å²) in [5.41, 5.74) is 5.69. The molecule has 2 nitrogen and oxygen atoms in total. The summed E-state index contributed by atoms with van der Waals surface area (Å²) in [6.45, 7) is 2.75. The van der Waals surface area contributed by atoms with Gasteiger partial charge in [0.25, 0.3) is 0 Å². The quantitative estimate of drug-likeness (QED) is 0.775. The molecule has 2 rings (SSSR count). The molecule has 3 heteroatoms. The Bertz CT molecular complexity index is 281. The molecule has 1 saturated carbocycles. The molecule has 0 bridgehead atoms. The number of hydrogen-bond acceptors (Lipinski definition) is 3. The predicted octanol–water partition coefficient (Wildman–Crippen LogP) is 1.77. The number of aliphatic hydroxyl groups is 1. The fraction of sp³-hybridized carbons (Fsp3) is 0.600. The molecule has 0 radical (unpaired) electrons. The van der Waals surface area contributed by atoms with E-state index in [1.54, 1.807) is 11.3 Å². The topological polar surface area (TPSA) is 46.2 Å². The van der Waals surface area contributed by atoms with Crippen molar-refractivity contribution in [2.45, 2.75) is 19.4 Å². The Morgan fingerprint density at radius 1 is 1.85 bits per heavy atom. The minimum absolute atomic E-state index is 0.0230. The van der Waals surface area contributed by atoms with Crippen LogP contribution < -0.4 is 5.73 Å². The summed E-state index contributed by atoms with van der Waals surface area (Å²) in [6, 6.07) is 3.96. The highest BCUT2D eigenvalue weighted by Crippen LogP contribution is 2.59. The zero-order valence-corrected chi connectivity index (χ0v) is 8.55. The monoisotopic (exact) mass is 197 g/mol. The minimum Gasteiger partial charge on any atom is -0.387 e. The summed E-state index contributed by atoms with van der Waals surface area (Å²) in [6.07, 6.45) is 0.704. The number of thiophene rings is 1. The standard InChI is InChI=1S/C10H15NOS/c1-7-5-10(7,6-11)9(12)8-3-2-4-13-8/h2-4,7,9,12H,5-6,11H2,1H3/t7-,9+,10+/m1/s1. The van der Waals surface area contributed by atoms with Gasteiger partial charge in [0, 0.05) is 16.8 Å². The van der Waals surface area contributed by atoms with Gasteiger partial charge in [-0.2, -0.15) is 0 Å². The largest absolute Gasteiger partial charge is 0.387 e. The molecular formula is C10H15NOS. The van der Waals surface area contributed by atoms with Crippen LogP contribution in [-0.2, 0) is 0 Å². The first-order valence-electron chi connectivity index (χ1n) is 4.62. The predicted molar refractivity (Wildman–Crippen MR) is 54.5 cm³/mol. The molecule has 1 fully saturated rings. The van der Waals surface area contributed by atoms with E-state index < -0.39 is 0 Å². The third-order valence-electron chi connectivity index (χ3n) is 3.24. The lowest BCUT2D eigenvalue weighted by Gasteiger charge is -2.20. The van der Waals surface area contributed by atoms with Gasteiger partial charge in [0.15, 0.2) is 0 Å².